The Labute approximate surface area is 439 Å². The second kappa shape index (κ2) is 16.8. The van der Waals surface area contributed by atoms with Gasteiger partial charge in [-0.15, -0.1) is 11.3 Å². The smallest absolute Gasteiger partial charge is 0.164 e. The van der Waals surface area contributed by atoms with Crippen LogP contribution in [0, 0.1) is 0 Å². The molecule has 16 aromatic rings. The standard InChI is InChI=1S/C69H40N4O2S/c1-3-17-41(18-4-1)67-70-68(50-23-8-7-21-46(50)49-26-16-32-63-66(49)52-25-11-14-31-62(52)76-63)72-69(71-67)53-27-15-30-60-65(53)55-37-43(34-36-59(55)74-60)54-38-44(40-61-64(54)51-24-10-13-29-58(51)75-61)42-33-35-48-47-22-9-12-28-56(47)73(57(48)39-42)45-19-5-2-6-20-45/h1-40H. The number of benzene rings is 11. The van der Waals surface area contributed by atoms with Crippen LogP contribution in [0.2, 0.25) is 0 Å². The second-order valence-corrected chi connectivity index (χ2v) is 20.5. The van der Waals surface area contributed by atoms with Crippen LogP contribution in [-0.4, -0.2) is 19.5 Å². The van der Waals surface area contributed by atoms with E-state index in [1.165, 1.54) is 36.5 Å². The fraction of sp³-hybridized carbons (Fsp3) is 0. The normalized spacial score (nSPS) is 11.9. The maximum absolute atomic E-state index is 6.75. The summed E-state index contributed by atoms with van der Waals surface area (Å²) in [7, 11) is 0. The number of aromatic nitrogens is 4. The summed E-state index contributed by atoms with van der Waals surface area (Å²) in [5.41, 5.74) is 15.8. The van der Waals surface area contributed by atoms with Gasteiger partial charge >= 0.3 is 0 Å². The third-order valence-electron chi connectivity index (χ3n) is 15.1. The number of thiophene rings is 1. The van der Waals surface area contributed by atoms with Crippen molar-refractivity contribution in [3.8, 4) is 73.2 Å². The summed E-state index contributed by atoms with van der Waals surface area (Å²) in [5.74, 6) is 1.74. The molecule has 6 nitrogen and oxygen atoms in total. The van der Waals surface area contributed by atoms with Gasteiger partial charge in [0, 0.05) is 74.9 Å². The largest absolute Gasteiger partial charge is 0.456 e. The van der Waals surface area contributed by atoms with Crippen molar-refractivity contribution in [2.75, 3.05) is 0 Å². The quantitative estimate of drug-likeness (QED) is 0.159. The third kappa shape index (κ3) is 6.62. The van der Waals surface area contributed by atoms with Crippen LogP contribution in [-0.2, 0) is 0 Å². The van der Waals surface area contributed by atoms with E-state index < -0.39 is 0 Å². The van der Waals surface area contributed by atoms with E-state index in [-0.39, 0.29) is 0 Å². The summed E-state index contributed by atoms with van der Waals surface area (Å²) >= 11 is 1.82. The van der Waals surface area contributed by atoms with Gasteiger partial charge < -0.3 is 13.4 Å². The van der Waals surface area contributed by atoms with Crippen molar-refractivity contribution in [3.05, 3.63) is 243 Å². The molecule has 0 aliphatic carbocycles. The van der Waals surface area contributed by atoms with Crippen molar-refractivity contribution in [3.63, 3.8) is 0 Å². The van der Waals surface area contributed by atoms with Crippen LogP contribution < -0.4 is 0 Å². The molecular weight excluding hydrogens is 949 g/mol. The minimum atomic E-state index is 0.560. The van der Waals surface area contributed by atoms with Gasteiger partial charge in [-0.25, -0.2) is 15.0 Å². The molecule has 0 atom stereocenters. The maximum atomic E-state index is 6.75. The molecule has 0 saturated heterocycles. The summed E-state index contributed by atoms with van der Waals surface area (Å²) in [5, 5.41) is 8.91. The van der Waals surface area contributed by atoms with E-state index >= 15 is 0 Å². The second-order valence-electron chi connectivity index (χ2n) is 19.4. The fourth-order valence-electron chi connectivity index (χ4n) is 11.7. The van der Waals surface area contributed by atoms with E-state index in [0.717, 1.165) is 105 Å². The summed E-state index contributed by atoms with van der Waals surface area (Å²) in [6, 6.07) is 85.6. The van der Waals surface area contributed by atoms with Crippen molar-refractivity contribution in [2.45, 2.75) is 0 Å². The first-order valence-electron chi connectivity index (χ1n) is 25.5. The number of hydrogen-bond acceptors (Lipinski definition) is 6. The highest BCUT2D eigenvalue weighted by molar-refractivity contribution is 7.26. The predicted molar refractivity (Wildman–Crippen MR) is 314 cm³/mol. The first-order valence-corrected chi connectivity index (χ1v) is 26.3. The average molecular weight is 989 g/mol. The molecule has 0 unspecified atom stereocenters. The Kier molecular flexibility index (Phi) is 9.40. The van der Waals surface area contributed by atoms with Gasteiger partial charge in [0.15, 0.2) is 17.5 Å². The summed E-state index contributed by atoms with van der Waals surface area (Å²) in [6.45, 7) is 0. The van der Waals surface area contributed by atoms with Gasteiger partial charge in [0.2, 0.25) is 0 Å². The molecule has 0 aliphatic heterocycles. The van der Waals surface area contributed by atoms with Crippen LogP contribution in [0.15, 0.2) is 251 Å². The molecule has 0 saturated carbocycles. The maximum Gasteiger partial charge on any atom is 0.164 e. The molecule has 76 heavy (non-hydrogen) atoms. The highest BCUT2D eigenvalue weighted by atomic mass is 32.1. The summed E-state index contributed by atoms with van der Waals surface area (Å²) < 4.78 is 18.4. The molecule has 5 aromatic heterocycles. The third-order valence-corrected chi connectivity index (χ3v) is 16.2. The molecule has 0 fully saturated rings. The van der Waals surface area contributed by atoms with Gasteiger partial charge in [0.05, 0.1) is 11.0 Å². The minimum Gasteiger partial charge on any atom is -0.456 e. The van der Waals surface area contributed by atoms with Crippen molar-refractivity contribution in [2.24, 2.45) is 0 Å². The minimum absolute atomic E-state index is 0.560. The molecule has 0 aliphatic rings. The molecular formula is C69H40N4O2S. The topological polar surface area (TPSA) is 69.9 Å². The Hall–Kier alpha value is -9.95. The van der Waals surface area contributed by atoms with Crippen molar-refractivity contribution in [1.29, 1.82) is 0 Å². The highest BCUT2D eigenvalue weighted by Gasteiger charge is 2.23. The van der Waals surface area contributed by atoms with E-state index in [9.17, 15) is 0 Å². The molecule has 0 spiro atoms. The number of fused-ring (bicyclic) bond motifs is 12. The van der Waals surface area contributed by atoms with Gasteiger partial charge in [0.25, 0.3) is 0 Å². The molecule has 0 amide bonds. The van der Waals surface area contributed by atoms with Gasteiger partial charge in [-0.2, -0.15) is 0 Å². The molecule has 7 heteroatoms. The zero-order valence-electron chi connectivity index (χ0n) is 40.6. The lowest BCUT2D eigenvalue weighted by Gasteiger charge is -2.13. The molecule has 0 radical (unpaired) electrons. The highest BCUT2D eigenvalue weighted by Crippen LogP contribution is 2.46. The van der Waals surface area contributed by atoms with Crippen LogP contribution in [0.5, 0.6) is 0 Å². The van der Waals surface area contributed by atoms with Gasteiger partial charge in [-0.05, 0) is 106 Å². The lowest BCUT2D eigenvalue weighted by atomic mass is 9.93. The Balaban J connectivity index is 0.896. The zero-order chi connectivity index (χ0) is 49.8. The van der Waals surface area contributed by atoms with Crippen molar-refractivity contribution in [1.82, 2.24) is 19.5 Å². The Morgan fingerprint density at radius 2 is 0.895 bits per heavy atom. The van der Waals surface area contributed by atoms with E-state index in [0.29, 0.717) is 17.5 Å². The van der Waals surface area contributed by atoms with E-state index in [1.807, 2.05) is 47.7 Å². The molecule has 16 rings (SSSR count). The summed E-state index contributed by atoms with van der Waals surface area (Å²) in [6.07, 6.45) is 0. The fourth-order valence-corrected chi connectivity index (χ4v) is 12.8. The van der Waals surface area contributed by atoms with E-state index in [2.05, 4.69) is 211 Å². The molecule has 0 bridgehead atoms. The number of para-hydroxylation sites is 3. The Morgan fingerprint density at radius 3 is 1.78 bits per heavy atom. The Bertz CT molecular complexity index is 5010. The van der Waals surface area contributed by atoms with Crippen LogP contribution in [0.1, 0.15) is 0 Å². The van der Waals surface area contributed by atoms with Gasteiger partial charge in [0.1, 0.15) is 22.3 Å². The zero-order valence-corrected chi connectivity index (χ0v) is 41.4. The number of hydrogen-bond donors (Lipinski definition) is 0. The lowest BCUT2D eigenvalue weighted by Crippen LogP contribution is -2.01. The molecule has 0 N–H and O–H groups in total. The first-order chi connectivity index (χ1) is 37.7. The molecule has 5 heterocycles. The van der Waals surface area contributed by atoms with Crippen LogP contribution in [0.25, 0.3) is 159 Å². The van der Waals surface area contributed by atoms with Crippen LogP contribution in [0.4, 0.5) is 0 Å². The molecule has 354 valence electrons. The SMILES string of the molecule is c1ccc(-c2nc(-c3ccccc3-c3cccc4sc5ccccc5c34)nc(-c3cccc4oc5ccc(-c6cc(-c7ccc8c9ccccc9n(-c9ccccc9)c8c7)cc7oc8ccccc8c67)cc5c34)n2)cc1. The van der Waals surface area contributed by atoms with E-state index in [4.69, 9.17) is 23.8 Å². The van der Waals surface area contributed by atoms with Crippen molar-refractivity contribution >= 4 is 97.2 Å². The van der Waals surface area contributed by atoms with Gasteiger partial charge in [-0.3, -0.25) is 0 Å². The molecule has 11 aromatic carbocycles. The number of furan rings is 2. The summed E-state index contributed by atoms with van der Waals surface area (Å²) in [4.78, 5) is 16.0. The predicted octanol–water partition coefficient (Wildman–Crippen LogP) is 19.1. The Morgan fingerprint density at radius 1 is 0.289 bits per heavy atom. The average Bonchev–Trinajstić information content (AvgIpc) is 4.30. The lowest BCUT2D eigenvalue weighted by molar-refractivity contribution is 0.669. The van der Waals surface area contributed by atoms with Gasteiger partial charge in [-0.1, -0.05) is 170 Å². The number of nitrogens with zero attached hydrogens (tertiary/aromatic N) is 4. The van der Waals surface area contributed by atoms with Crippen LogP contribution >= 0.6 is 11.3 Å². The monoisotopic (exact) mass is 988 g/mol. The van der Waals surface area contributed by atoms with E-state index in [1.54, 1.807) is 0 Å². The first kappa shape index (κ1) is 42.5. The number of rotatable bonds is 7. The van der Waals surface area contributed by atoms with Crippen LogP contribution in [0.3, 0.4) is 0 Å². The van der Waals surface area contributed by atoms with Crippen molar-refractivity contribution < 1.29 is 8.83 Å².